The predicted molar refractivity (Wildman–Crippen MR) is 78.7 cm³/mol. The van der Waals surface area contributed by atoms with Crippen LogP contribution in [0.5, 0.6) is 0 Å². The summed E-state index contributed by atoms with van der Waals surface area (Å²) in [6, 6.07) is 8.75. The summed E-state index contributed by atoms with van der Waals surface area (Å²) in [5.74, 6) is -0.0594. The molecule has 0 aliphatic carbocycles. The van der Waals surface area contributed by atoms with Crippen LogP contribution < -0.4 is 5.73 Å². The minimum Gasteiger partial charge on any atom is -0.445 e. The first kappa shape index (κ1) is 13.3. The van der Waals surface area contributed by atoms with Gasteiger partial charge in [0.25, 0.3) is 5.91 Å². The highest BCUT2D eigenvalue weighted by Gasteiger charge is 2.10. The molecule has 21 heavy (non-hydrogen) atoms. The Morgan fingerprint density at radius 3 is 2.57 bits per heavy atom. The first-order valence-corrected chi connectivity index (χ1v) is 6.48. The molecule has 0 aliphatic rings. The summed E-state index contributed by atoms with van der Waals surface area (Å²) in [6.45, 7) is 0. The smallest absolute Gasteiger partial charge is 0.267 e. The average molecular weight is 300 g/mol. The van der Waals surface area contributed by atoms with E-state index in [0.717, 1.165) is 16.7 Å². The Labute approximate surface area is 125 Å². The largest absolute Gasteiger partial charge is 0.445 e. The summed E-state index contributed by atoms with van der Waals surface area (Å²) >= 11 is 6.22. The van der Waals surface area contributed by atoms with Crippen molar-refractivity contribution in [2.45, 2.75) is 0 Å². The number of aromatic nitrogens is 2. The van der Waals surface area contributed by atoms with E-state index in [-0.39, 0.29) is 5.69 Å². The average Bonchev–Trinajstić information content (AvgIpc) is 3.02. The van der Waals surface area contributed by atoms with Gasteiger partial charge in [-0.25, -0.2) is 4.98 Å². The van der Waals surface area contributed by atoms with Crippen molar-refractivity contribution >= 4 is 17.5 Å². The molecule has 2 aromatic heterocycles. The lowest BCUT2D eigenvalue weighted by Gasteiger charge is -2.06. The van der Waals surface area contributed by atoms with Crippen molar-refractivity contribution < 1.29 is 9.21 Å². The van der Waals surface area contributed by atoms with Gasteiger partial charge in [-0.3, -0.25) is 9.78 Å². The van der Waals surface area contributed by atoms with Gasteiger partial charge in [0, 0.05) is 27.9 Å². The van der Waals surface area contributed by atoms with Gasteiger partial charge < -0.3 is 10.2 Å². The Bertz CT molecular complexity index is 783. The van der Waals surface area contributed by atoms with Crippen molar-refractivity contribution in [2.24, 2.45) is 5.73 Å². The molecule has 0 atom stereocenters. The topological polar surface area (TPSA) is 82.0 Å². The first-order valence-electron chi connectivity index (χ1n) is 6.11. The van der Waals surface area contributed by atoms with Gasteiger partial charge in [0.05, 0.1) is 6.20 Å². The summed E-state index contributed by atoms with van der Waals surface area (Å²) in [5, 5.41) is 0.568. The number of halogens is 1. The third kappa shape index (κ3) is 2.64. The normalized spacial score (nSPS) is 10.5. The highest BCUT2D eigenvalue weighted by Crippen LogP contribution is 2.31. The third-order valence-corrected chi connectivity index (χ3v) is 3.30. The number of primary amides is 1. The molecule has 0 saturated heterocycles. The van der Waals surface area contributed by atoms with Crippen molar-refractivity contribution in [1.29, 1.82) is 0 Å². The number of amides is 1. The van der Waals surface area contributed by atoms with Crippen molar-refractivity contribution in [3.8, 4) is 22.6 Å². The van der Waals surface area contributed by atoms with Crippen LogP contribution in [-0.2, 0) is 0 Å². The fourth-order valence-corrected chi connectivity index (χ4v) is 2.17. The lowest BCUT2D eigenvalue weighted by molar-refractivity contribution is 0.0995. The number of carbonyl (C=O) groups excluding carboxylic acids is 1. The number of nitrogens with two attached hydrogens (primary N) is 1. The van der Waals surface area contributed by atoms with Gasteiger partial charge in [0.15, 0.2) is 0 Å². The van der Waals surface area contributed by atoms with Crippen molar-refractivity contribution in [3.05, 3.63) is 59.7 Å². The van der Waals surface area contributed by atoms with E-state index in [1.54, 1.807) is 30.6 Å². The van der Waals surface area contributed by atoms with E-state index in [9.17, 15) is 4.79 Å². The lowest BCUT2D eigenvalue weighted by Crippen LogP contribution is -2.12. The molecule has 3 aromatic rings. The minimum absolute atomic E-state index is 0.207. The van der Waals surface area contributed by atoms with E-state index in [4.69, 9.17) is 21.8 Å². The monoisotopic (exact) mass is 299 g/mol. The van der Waals surface area contributed by atoms with Gasteiger partial charge in [0.2, 0.25) is 5.89 Å². The standard InChI is InChI=1S/C15H10ClN3O2/c16-12-3-1-9(15-18-5-6-21-15)7-11(12)10-2-4-13(14(17)20)19-8-10/h1-8H,(H2,17,20). The number of carbonyl (C=O) groups is 1. The number of oxazole rings is 1. The summed E-state index contributed by atoms with van der Waals surface area (Å²) in [4.78, 5) is 19.2. The summed E-state index contributed by atoms with van der Waals surface area (Å²) in [7, 11) is 0. The Morgan fingerprint density at radius 2 is 1.95 bits per heavy atom. The third-order valence-electron chi connectivity index (χ3n) is 2.97. The van der Waals surface area contributed by atoms with Crippen LogP contribution in [0.15, 0.2) is 53.4 Å². The molecular weight excluding hydrogens is 290 g/mol. The zero-order valence-corrected chi connectivity index (χ0v) is 11.5. The highest BCUT2D eigenvalue weighted by molar-refractivity contribution is 6.33. The van der Waals surface area contributed by atoms with Gasteiger partial charge in [0.1, 0.15) is 12.0 Å². The van der Waals surface area contributed by atoms with E-state index in [2.05, 4.69) is 9.97 Å². The SMILES string of the molecule is NC(=O)c1ccc(-c2cc(-c3ncco3)ccc2Cl)cn1. The van der Waals surface area contributed by atoms with Crippen LogP contribution in [0.2, 0.25) is 5.02 Å². The number of nitrogens with zero attached hydrogens (tertiary/aromatic N) is 2. The number of hydrogen-bond acceptors (Lipinski definition) is 4. The van der Waals surface area contributed by atoms with E-state index in [0.29, 0.717) is 10.9 Å². The van der Waals surface area contributed by atoms with Crippen LogP contribution in [0.1, 0.15) is 10.5 Å². The molecule has 5 nitrogen and oxygen atoms in total. The molecule has 6 heteroatoms. The molecule has 3 rings (SSSR count). The number of rotatable bonds is 3. The summed E-state index contributed by atoms with van der Waals surface area (Å²) in [6.07, 6.45) is 4.64. The molecule has 1 aromatic carbocycles. The fraction of sp³-hybridized carbons (Fsp3) is 0. The fourth-order valence-electron chi connectivity index (χ4n) is 1.94. The van der Waals surface area contributed by atoms with Crippen LogP contribution in [0.4, 0.5) is 0 Å². The van der Waals surface area contributed by atoms with Crippen molar-refractivity contribution in [2.75, 3.05) is 0 Å². The Hall–Kier alpha value is -2.66. The molecule has 0 saturated carbocycles. The second-order valence-corrected chi connectivity index (χ2v) is 4.74. The molecular formula is C15H10ClN3O2. The molecule has 2 N–H and O–H groups in total. The number of hydrogen-bond donors (Lipinski definition) is 1. The maximum atomic E-state index is 11.0. The van der Waals surface area contributed by atoms with E-state index in [1.165, 1.54) is 6.26 Å². The molecule has 0 fully saturated rings. The molecule has 0 bridgehead atoms. The Balaban J connectivity index is 2.05. The summed E-state index contributed by atoms with van der Waals surface area (Å²) in [5.41, 5.74) is 7.73. The van der Waals surface area contributed by atoms with Gasteiger partial charge in [-0.2, -0.15) is 0 Å². The quantitative estimate of drug-likeness (QED) is 0.805. The van der Waals surface area contributed by atoms with Crippen LogP contribution in [-0.4, -0.2) is 15.9 Å². The summed E-state index contributed by atoms with van der Waals surface area (Å²) < 4.78 is 5.27. The zero-order chi connectivity index (χ0) is 14.8. The molecule has 2 heterocycles. The van der Waals surface area contributed by atoms with Gasteiger partial charge in [-0.15, -0.1) is 0 Å². The van der Waals surface area contributed by atoms with Gasteiger partial charge in [-0.1, -0.05) is 17.7 Å². The zero-order valence-electron chi connectivity index (χ0n) is 10.8. The predicted octanol–water partition coefficient (Wildman–Crippen LogP) is 3.16. The van der Waals surface area contributed by atoms with Gasteiger partial charge >= 0.3 is 0 Å². The maximum absolute atomic E-state index is 11.0. The molecule has 0 radical (unpaired) electrons. The van der Waals surface area contributed by atoms with Gasteiger partial charge in [-0.05, 0) is 24.3 Å². The number of benzene rings is 1. The minimum atomic E-state index is -0.568. The maximum Gasteiger partial charge on any atom is 0.267 e. The first-order chi connectivity index (χ1) is 10.1. The van der Waals surface area contributed by atoms with Crippen LogP contribution in [0.3, 0.4) is 0 Å². The van der Waals surface area contributed by atoms with E-state index in [1.807, 2.05) is 12.1 Å². The number of pyridine rings is 1. The second kappa shape index (κ2) is 5.38. The molecule has 1 amide bonds. The van der Waals surface area contributed by atoms with E-state index < -0.39 is 5.91 Å². The van der Waals surface area contributed by atoms with Crippen molar-refractivity contribution in [1.82, 2.24) is 9.97 Å². The Kier molecular flexibility index (Phi) is 3.41. The Morgan fingerprint density at radius 1 is 1.14 bits per heavy atom. The van der Waals surface area contributed by atoms with E-state index >= 15 is 0 Å². The highest BCUT2D eigenvalue weighted by atomic mass is 35.5. The molecule has 0 spiro atoms. The molecule has 0 unspecified atom stereocenters. The van der Waals surface area contributed by atoms with Crippen LogP contribution >= 0.6 is 11.6 Å². The molecule has 104 valence electrons. The van der Waals surface area contributed by atoms with Crippen LogP contribution in [0.25, 0.3) is 22.6 Å². The van der Waals surface area contributed by atoms with Crippen LogP contribution in [0, 0.1) is 0 Å². The second-order valence-electron chi connectivity index (χ2n) is 4.33. The van der Waals surface area contributed by atoms with Crippen molar-refractivity contribution in [3.63, 3.8) is 0 Å². The molecule has 0 aliphatic heterocycles. The lowest BCUT2D eigenvalue weighted by atomic mass is 10.0.